The number of ether oxygens (including phenoxy) is 1. The van der Waals surface area contributed by atoms with Crippen LogP contribution >= 0.6 is 11.8 Å². The van der Waals surface area contributed by atoms with Crippen LogP contribution in [0.5, 0.6) is 0 Å². The first-order valence-corrected chi connectivity index (χ1v) is 9.56. The van der Waals surface area contributed by atoms with Crippen molar-refractivity contribution in [1.82, 2.24) is 5.43 Å². The highest BCUT2D eigenvalue weighted by molar-refractivity contribution is 7.99. The maximum Gasteiger partial charge on any atom is 0.0701 e. The van der Waals surface area contributed by atoms with E-state index in [1.165, 1.54) is 56.5 Å². The molecule has 0 radical (unpaired) electrons. The number of thioether (sulfide) groups is 1. The third-order valence-corrected chi connectivity index (χ3v) is 6.86. The number of nitrogens with one attached hydrogen (secondary N) is 1. The van der Waals surface area contributed by atoms with E-state index in [1.807, 2.05) is 0 Å². The lowest BCUT2D eigenvalue weighted by Crippen LogP contribution is -2.52. The van der Waals surface area contributed by atoms with Gasteiger partial charge in [-0.1, -0.05) is 13.3 Å². The zero-order chi connectivity index (χ0) is 14.0. The van der Waals surface area contributed by atoms with Crippen molar-refractivity contribution >= 4 is 11.8 Å². The van der Waals surface area contributed by atoms with Gasteiger partial charge in [0.2, 0.25) is 0 Å². The molecule has 2 aliphatic heterocycles. The largest absolute Gasteiger partial charge is 0.375 e. The standard InChI is InChI=1S/C16H30N2OS/c1-12-2-3-13(10-12)15(18-17)14-4-7-19-16(11-14)5-8-20-9-6-16/h12-15,18H,2-11,17H2,1H3. The van der Waals surface area contributed by atoms with Crippen LogP contribution in [0.2, 0.25) is 0 Å². The first-order chi connectivity index (χ1) is 9.72. The van der Waals surface area contributed by atoms with Gasteiger partial charge in [-0.2, -0.15) is 11.8 Å². The molecule has 2 heterocycles. The van der Waals surface area contributed by atoms with E-state index in [4.69, 9.17) is 10.6 Å². The Labute approximate surface area is 127 Å². The molecule has 4 atom stereocenters. The second kappa shape index (κ2) is 6.55. The van der Waals surface area contributed by atoms with Crippen molar-refractivity contribution < 1.29 is 4.74 Å². The molecule has 1 saturated carbocycles. The van der Waals surface area contributed by atoms with Crippen LogP contribution in [0.3, 0.4) is 0 Å². The van der Waals surface area contributed by atoms with E-state index in [0.717, 1.165) is 18.4 Å². The van der Waals surface area contributed by atoms with Gasteiger partial charge in [0.05, 0.1) is 5.60 Å². The monoisotopic (exact) mass is 298 g/mol. The van der Waals surface area contributed by atoms with Crippen molar-refractivity contribution in [3.8, 4) is 0 Å². The Morgan fingerprint density at radius 1 is 1.20 bits per heavy atom. The fraction of sp³-hybridized carbons (Fsp3) is 1.00. The molecule has 3 rings (SSSR count). The summed E-state index contributed by atoms with van der Waals surface area (Å²) in [6, 6.07) is 0.510. The minimum Gasteiger partial charge on any atom is -0.375 e. The van der Waals surface area contributed by atoms with Gasteiger partial charge in [0.25, 0.3) is 0 Å². The average molecular weight is 298 g/mol. The van der Waals surface area contributed by atoms with E-state index < -0.39 is 0 Å². The van der Waals surface area contributed by atoms with E-state index in [0.29, 0.717) is 12.0 Å². The SMILES string of the molecule is CC1CCC(C(NN)C2CCOC3(CCSCC3)C2)C1. The molecule has 0 aromatic heterocycles. The Morgan fingerprint density at radius 3 is 2.65 bits per heavy atom. The van der Waals surface area contributed by atoms with Gasteiger partial charge < -0.3 is 4.74 Å². The summed E-state index contributed by atoms with van der Waals surface area (Å²) < 4.78 is 6.23. The fourth-order valence-corrected chi connectivity index (χ4v) is 5.94. The first kappa shape index (κ1) is 15.1. The Hall–Kier alpha value is 0.230. The van der Waals surface area contributed by atoms with Crippen LogP contribution in [-0.2, 0) is 4.74 Å². The Bertz CT molecular complexity index is 314. The summed E-state index contributed by atoms with van der Waals surface area (Å²) in [5.41, 5.74) is 3.38. The normalized spacial score (nSPS) is 39.0. The van der Waals surface area contributed by atoms with Crippen molar-refractivity contribution in [1.29, 1.82) is 0 Å². The molecule has 3 N–H and O–H groups in total. The molecule has 0 amide bonds. The second-order valence-electron chi connectivity index (χ2n) is 7.27. The molecule has 1 spiro atoms. The predicted molar refractivity (Wildman–Crippen MR) is 85.6 cm³/mol. The van der Waals surface area contributed by atoms with E-state index in [9.17, 15) is 0 Å². The van der Waals surface area contributed by atoms with E-state index >= 15 is 0 Å². The van der Waals surface area contributed by atoms with Crippen molar-refractivity contribution in [3.05, 3.63) is 0 Å². The maximum absolute atomic E-state index is 6.23. The lowest BCUT2D eigenvalue weighted by molar-refractivity contribution is -0.110. The zero-order valence-electron chi connectivity index (χ0n) is 12.8. The predicted octanol–water partition coefficient (Wildman–Crippen LogP) is 2.95. The van der Waals surface area contributed by atoms with Crippen LogP contribution in [0, 0.1) is 17.8 Å². The van der Waals surface area contributed by atoms with E-state index in [-0.39, 0.29) is 5.60 Å². The van der Waals surface area contributed by atoms with Crippen LogP contribution < -0.4 is 11.3 Å². The van der Waals surface area contributed by atoms with Gasteiger partial charge in [0, 0.05) is 12.6 Å². The van der Waals surface area contributed by atoms with Gasteiger partial charge in [-0.15, -0.1) is 0 Å². The fourth-order valence-electron chi connectivity index (χ4n) is 4.70. The van der Waals surface area contributed by atoms with Crippen LogP contribution in [-0.4, -0.2) is 29.8 Å². The summed E-state index contributed by atoms with van der Waals surface area (Å²) >= 11 is 2.08. The highest BCUT2D eigenvalue weighted by atomic mass is 32.2. The molecule has 3 nitrogen and oxygen atoms in total. The summed E-state index contributed by atoms with van der Waals surface area (Å²) in [4.78, 5) is 0. The topological polar surface area (TPSA) is 47.3 Å². The van der Waals surface area contributed by atoms with Crippen molar-refractivity contribution in [3.63, 3.8) is 0 Å². The Balaban J connectivity index is 1.65. The van der Waals surface area contributed by atoms with E-state index in [2.05, 4.69) is 24.1 Å². The molecule has 0 bridgehead atoms. The highest BCUT2D eigenvalue weighted by Crippen LogP contribution is 2.44. The smallest absolute Gasteiger partial charge is 0.0701 e. The number of nitrogens with two attached hydrogens (primary N) is 1. The van der Waals surface area contributed by atoms with Gasteiger partial charge in [0.15, 0.2) is 0 Å². The molecular formula is C16H30N2OS. The summed E-state index contributed by atoms with van der Waals surface area (Å²) in [5.74, 6) is 10.9. The molecule has 116 valence electrons. The van der Waals surface area contributed by atoms with Gasteiger partial charge in [-0.3, -0.25) is 11.3 Å². The number of rotatable bonds is 3. The van der Waals surface area contributed by atoms with Crippen LogP contribution in [0.25, 0.3) is 0 Å². The van der Waals surface area contributed by atoms with E-state index in [1.54, 1.807) is 0 Å². The highest BCUT2D eigenvalue weighted by Gasteiger charge is 2.43. The molecule has 0 aromatic carbocycles. The van der Waals surface area contributed by atoms with Gasteiger partial charge >= 0.3 is 0 Å². The number of hydrogen-bond acceptors (Lipinski definition) is 4. The summed E-state index contributed by atoms with van der Waals surface area (Å²) in [6.45, 7) is 3.33. The molecule has 0 aromatic rings. The lowest BCUT2D eigenvalue weighted by Gasteiger charge is -2.46. The molecule has 4 heteroatoms. The quantitative estimate of drug-likeness (QED) is 0.621. The minimum absolute atomic E-state index is 0.188. The Morgan fingerprint density at radius 2 is 2.00 bits per heavy atom. The molecule has 3 aliphatic rings. The van der Waals surface area contributed by atoms with Crippen molar-refractivity contribution in [2.75, 3.05) is 18.1 Å². The van der Waals surface area contributed by atoms with Gasteiger partial charge in [-0.05, 0) is 67.8 Å². The number of hydrazine groups is 1. The van der Waals surface area contributed by atoms with Crippen LogP contribution in [0.15, 0.2) is 0 Å². The lowest BCUT2D eigenvalue weighted by atomic mass is 9.75. The molecule has 4 unspecified atom stereocenters. The van der Waals surface area contributed by atoms with Crippen molar-refractivity contribution in [2.45, 2.75) is 63.5 Å². The Kier molecular flexibility index (Phi) is 4.96. The van der Waals surface area contributed by atoms with Gasteiger partial charge in [0.1, 0.15) is 0 Å². The molecular weight excluding hydrogens is 268 g/mol. The molecule has 2 saturated heterocycles. The number of hydrogen-bond donors (Lipinski definition) is 2. The molecule has 20 heavy (non-hydrogen) atoms. The zero-order valence-corrected chi connectivity index (χ0v) is 13.6. The molecule has 3 fully saturated rings. The molecule has 1 aliphatic carbocycles. The first-order valence-electron chi connectivity index (χ1n) is 8.40. The van der Waals surface area contributed by atoms with Crippen LogP contribution in [0.1, 0.15) is 51.9 Å². The van der Waals surface area contributed by atoms with Crippen molar-refractivity contribution in [2.24, 2.45) is 23.6 Å². The third-order valence-electron chi connectivity index (χ3n) is 5.88. The summed E-state index contributed by atoms with van der Waals surface area (Å²) in [7, 11) is 0. The second-order valence-corrected chi connectivity index (χ2v) is 8.49. The van der Waals surface area contributed by atoms with Crippen LogP contribution in [0.4, 0.5) is 0 Å². The maximum atomic E-state index is 6.23. The minimum atomic E-state index is 0.188. The summed E-state index contributed by atoms with van der Waals surface area (Å²) in [6.07, 6.45) is 9.00. The summed E-state index contributed by atoms with van der Waals surface area (Å²) in [5, 5.41) is 0. The third kappa shape index (κ3) is 3.18. The average Bonchev–Trinajstić information content (AvgIpc) is 2.87. The van der Waals surface area contributed by atoms with Gasteiger partial charge in [-0.25, -0.2) is 0 Å².